The maximum Gasteiger partial charge on any atom is 0.309 e. The number of Topliss-reactive ketones (excluding diaryl/α,β-unsaturated/α-hetero) is 2. The Labute approximate surface area is 331 Å². The third kappa shape index (κ3) is 22.2. The van der Waals surface area contributed by atoms with E-state index in [9.17, 15) is 49.5 Å². The summed E-state index contributed by atoms with van der Waals surface area (Å²) in [6.07, 6.45) is 6.73. The van der Waals surface area contributed by atoms with Crippen LogP contribution in [-0.4, -0.2) is 102 Å². The maximum atomic E-state index is 11.3. The molecule has 0 aromatic rings. The average Bonchev–Trinajstić information content (AvgIpc) is 3.35. The molecule has 326 valence electrons. The van der Waals surface area contributed by atoms with E-state index in [1.54, 1.807) is 0 Å². The number of nitrogens with one attached hydrogen (secondary N) is 1. The summed E-state index contributed by atoms with van der Waals surface area (Å²) >= 11 is 0. The van der Waals surface area contributed by atoms with E-state index in [1.165, 1.54) is 55.4 Å². The summed E-state index contributed by atoms with van der Waals surface area (Å²) < 4.78 is 4.85. The molecule has 0 aliphatic carbocycles. The van der Waals surface area contributed by atoms with E-state index in [0.29, 0.717) is 38.7 Å². The fourth-order valence-electron chi connectivity index (χ4n) is 6.30. The van der Waals surface area contributed by atoms with E-state index in [1.807, 2.05) is 13.8 Å². The molecule has 2 heterocycles. The van der Waals surface area contributed by atoms with E-state index in [4.69, 9.17) is 20.1 Å². The van der Waals surface area contributed by atoms with Gasteiger partial charge in [-0.2, -0.15) is 0 Å². The number of amides is 1. The summed E-state index contributed by atoms with van der Waals surface area (Å²) in [5.74, 6) is -1.05. The third-order valence-corrected chi connectivity index (χ3v) is 9.87. The van der Waals surface area contributed by atoms with Gasteiger partial charge in [-0.05, 0) is 85.5 Å². The van der Waals surface area contributed by atoms with Crippen molar-refractivity contribution in [1.82, 2.24) is 5.32 Å². The van der Waals surface area contributed by atoms with Crippen molar-refractivity contribution in [1.29, 1.82) is 0 Å². The maximum absolute atomic E-state index is 11.3. The number of ether oxygens (including phenoxy) is 1. The lowest BCUT2D eigenvalue weighted by molar-refractivity contribution is -0.562. The van der Waals surface area contributed by atoms with Gasteiger partial charge in [0.25, 0.3) is 0 Å². The second-order valence-corrected chi connectivity index (χ2v) is 17.3. The van der Waals surface area contributed by atoms with Crippen LogP contribution in [0.5, 0.6) is 0 Å². The van der Waals surface area contributed by atoms with Crippen LogP contribution in [0, 0.1) is 54.0 Å². The molecule has 2 unspecified atom stereocenters. The van der Waals surface area contributed by atoms with Gasteiger partial charge in [-0.1, -0.05) is 0 Å². The molecule has 1 amide bonds. The Bertz CT molecular complexity index is 1230. The van der Waals surface area contributed by atoms with Gasteiger partial charge in [0.2, 0.25) is 22.5 Å². The second kappa shape index (κ2) is 25.6. The first kappa shape index (κ1) is 54.5. The highest BCUT2D eigenvalue weighted by Gasteiger charge is 2.39. The quantitative estimate of drug-likeness (QED) is 0.0725. The molecule has 2 rings (SSSR count). The number of cyclic esters (lactones) is 1. The van der Waals surface area contributed by atoms with Gasteiger partial charge in [-0.25, -0.2) is 0 Å². The zero-order valence-electron chi connectivity index (χ0n) is 35.3. The molecule has 0 radical (unpaired) electrons. The summed E-state index contributed by atoms with van der Waals surface area (Å²) in [6, 6.07) is 0. The molecule has 0 spiro atoms. The number of hydrogen-bond acceptors (Lipinski definition) is 14. The Hall–Kier alpha value is -3.64. The topological polar surface area (TPSA) is 280 Å². The van der Waals surface area contributed by atoms with Crippen molar-refractivity contribution < 1.29 is 54.0 Å². The zero-order valence-corrected chi connectivity index (χ0v) is 35.3. The van der Waals surface area contributed by atoms with Gasteiger partial charge in [0.05, 0.1) is 12.5 Å². The van der Waals surface area contributed by atoms with Crippen LogP contribution in [0.2, 0.25) is 0 Å². The first-order valence-electron chi connectivity index (χ1n) is 19.4. The molecule has 0 saturated carbocycles. The highest BCUT2D eigenvalue weighted by Crippen LogP contribution is 2.29. The van der Waals surface area contributed by atoms with Crippen molar-refractivity contribution in [3.05, 3.63) is 30.3 Å². The summed E-state index contributed by atoms with van der Waals surface area (Å²) in [5, 5.41) is 60.9. The number of ketones is 2. The largest absolute Gasteiger partial charge is 0.465 e. The molecule has 0 bridgehead atoms. The van der Waals surface area contributed by atoms with E-state index in [0.717, 1.165) is 25.7 Å². The van der Waals surface area contributed by atoms with Gasteiger partial charge in [0.15, 0.2) is 0 Å². The number of rotatable bonds is 20. The Morgan fingerprint density at radius 2 is 1.18 bits per heavy atom. The second-order valence-electron chi connectivity index (χ2n) is 17.3. The number of aliphatic hydroxyl groups excluding tert-OH is 3. The normalized spacial score (nSPS) is 18.9. The monoisotopic (exact) mass is 806 g/mol. The third-order valence-electron chi connectivity index (χ3n) is 9.87. The van der Waals surface area contributed by atoms with E-state index in [-0.39, 0.29) is 107 Å². The fraction of sp³-hybridized carbons (Fsp3) is 0.895. The number of aliphatic hydroxyl groups is 3. The fourth-order valence-corrected chi connectivity index (χ4v) is 6.30. The molecule has 18 heteroatoms. The number of carbonyl (C=O) groups is 4. The lowest BCUT2D eigenvalue weighted by atomic mass is 9.86. The minimum absolute atomic E-state index is 0.0165. The number of nitro groups is 3. The standard InChI is InChI=1S/2C10H19NO4.C9H15NO4.C9H17NO2/c2*1-8(13)9(5-4-6-12)7-10(2,3)11(14)15;1-9(2,10(12)13)6-7-4-3-5-14-8(7)11;1-9(2)6-7(4-3-5-11)8(12)10-9/h2*9,12H,4-7H2,1-3H3;7H,3-6H2,1-2H3;7,11H,3-6H2,1-2H3,(H,10,12)/t9-;;;7-/m0..0/s1. The molecule has 56 heavy (non-hydrogen) atoms. The summed E-state index contributed by atoms with van der Waals surface area (Å²) in [7, 11) is 0. The molecule has 0 aromatic carbocycles. The van der Waals surface area contributed by atoms with Crippen LogP contribution in [-0.2, 0) is 23.9 Å². The van der Waals surface area contributed by atoms with Crippen LogP contribution in [0.25, 0.3) is 0 Å². The van der Waals surface area contributed by atoms with Crippen LogP contribution < -0.4 is 5.32 Å². The van der Waals surface area contributed by atoms with Gasteiger partial charge in [0, 0.05) is 119 Å². The Morgan fingerprint density at radius 3 is 1.48 bits per heavy atom. The molecule has 2 aliphatic rings. The summed E-state index contributed by atoms with van der Waals surface area (Å²) in [5.41, 5.74) is -3.24. The molecule has 2 aliphatic heterocycles. The van der Waals surface area contributed by atoms with E-state index >= 15 is 0 Å². The molecule has 18 nitrogen and oxygen atoms in total. The van der Waals surface area contributed by atoms with Crippen molar-refractivity contribution in [2.75, 3.05) is 26.4 Å². The molecule has 2 saturated heterocycles. The number of carbonyl (C=O) groups excluding carboxylic acids is 4. The van der Waals surface area contributed by atoms with Crippen LogP contribution in [0.3, 0.4) is 0 Å². The molecule has 2 fully saturated rings. The van der Waals surface area contributed by atoms with Crippen LogP contribution in [0.15, 0.2) is 0 Å². The predicted octanol–water partition coefficient (Wildman–Crippen LogP) is 4.88. The van der Waals surface area contributed by atoms with Crippen molar-refractivity contribution >= 4 is 23.4 Å². The van der Waals surface area contributed by atoms with Crippen LogP contribution in [0.4, 0.5) is 0 Å². The van der Waals surface area contributed by atoms with Gasteiger partial charge in [-0.3, -0.25) is 49.5 Å². The minimum Gasteiger partial charge on any atom is -0.465 e. The minimum atomic E-state index is -1.08. The van der Waals surface area contributed by atoms with E-state index < -0.39 is 16.6 Å². The lowest BCUT2D eigenvalue weighted by Crippen LogP contribution is -2.37. The van der Waals surface area contributed by atoms with Crippen LogP contribution in [0.1, 0.15) is 146 Å². The number of esters is 1. The Kier molecular flexibility index (Phi) is 24.9. The van der Waals surface area contributed by atoms with Gasteiger partial charge in [-0.15, -0.1) is 0 Å². The first-order chi connectivity index (χ1) is 25.6. The summed E-state index contributed by atoms with van der Waals surface area (Å²) in [4.78, 5) is 76.0. The highest BCUT2D eigenvalue weighted by atomic mass is 16.6. The van der Waals surface area contributed by atoms with Crippen molar-refractivity contribution in [3.8, 4) is 0 Å². The van der Waals surface area contributed by atoms with Crippen LogP contribution >= 0.6 is 0 Å². The Balaban J connectivity index is 0. The highest BCUT2D eigenvalue weighted by molar-refractivity contribution is 5.82. The smallest absolute Gasteiger partial charge is 0.309 e. The van der Waals surface area contributed by atoms with Gasteiger partial charge in [0.1, 0.15) is 11.6 Å². The SMILES string of the molecule is CC(=O)C(CCCO)CC(C)(C)[N+](=O)[O-].CC(=O)[C@@H](CCCO)CC(C)(C)[N+](=O)[O-].CC(C)(CC1CCCOC1=O)[N+](=O)[O-].CC1(C)C[C@H](CCCO)C(=O)N1. The van der Waals surface area contributed by atoms with Gasteiger partial charge >= 0.3 is 5.97 Å². The Morgan fingerprint density at radius 1 is 0.768 bits per heavy atom. The first-order valence-corrected chi connectivity index (χ1v) is 19.4. The summed E-state index contributed by atoms with van der Waals surface area (Å²) in [6.45, 7) is 16.8. The number of nitrogens with zero attached hydrogens (tertiary/aromatic N) is 3. The van der Waals surface area contributed by atoms with Crippen molar-refractivity contribution in [2.45, 2.75) is 168 Å². The molecular weight excluding hydrogens is 736 g/mol. The molecule has 0 aromatic heterocycles. The van der Waals surface area contributed by atoms with Crippen molar-refractivity contribution in [3.63, 3.8) is 0 Å². The number of hydrogen-bond donors (Lipinski definition) is 4. The predicted molar refractivity (Wildman–Crippen MR) is 208 cm³/mol. The zero-order chi connectivity index (χ0) is 44.1. The molecule has 4 N–H and O–H groups in total. The average molecular weight is 807 g/mol. The van der Waals surface area contributed by atoms with Gasteiger partial charge < -0.3 is 25.4 Å². The lowest BCUT2D eigenvalue weighted by Gasteiger charge is -2.24. The molecular formula is C38H70N4O14. The molecule has 4 atom stereocenters. The van der Waals surface area contributed by atoms with E-state index in [2.05, 4.69) is 5.32 Å². The van der Waals surface area contributed by atoms with Crippen molar-refractivity contribution in [2.24, 2.45) is 23.7 Å².